The molecule has 1 amide bonds. The van der Waals surface area contributed by atoms with Gasteiger partial charge in [0.2, 0.25) is 21.8 Å². The monoisotopic (exact) mass is 474 g/mol. The molecule has 2 heterocycles. The summed E-state index contributed by atoms with van der Waals surface area (Å²) in [5.41, 5.74) is 0.777. The molecule has 1 fully saturated rings. The van der Waals surface area contributed by atoms with E-state index in [1.807, 2.05) is 0 Å². The van der Waals surface area contributed by atoms with E-state index in [-0.39, 0.29) is 10.8 Å². The van der Waals surface area contributed by atoms with Crippen LogP contribution in [0, 0.1) is 5.82 Å². The minimum absolute atomic E-state index is 0.0316. The minimum Gasteiger partial charge on any atom is -0.388 e. The Morgan fingerprint density at radius 2 is 1.64 bits per heavy atom. The van der Waals surface area contributed by atoms with Crippen molar-refractivity contribution >= 4 is 21.6 Å². The molecule has 1 aromatic heterocycles. The molecular weight excluding hydrogens is 451 g/mol. The molecule has 33 heavy (non-hydrogen) atoms. The Bertz CT molecular complexity index is 1280. The maximum Gasteiger partial charge on any atom is 0.437 e. The summed E-state index contributed by atoms with van der Waals surface area (Å²) in [4.78, 5) is 24.5. The van der Waals surface area contributed by atoms with Gasteiger partial charge in [0.05, 0.1) is 4.90 Å². The smallest absolute Gasteiger partial charge is 0.388 e. The third-order valence-electron chi connectivity index (χ3n) is 5.33. The van der Waals surface area contributed by atoms with Crippen LogP contribution in [0.2, 0.25) is 0 Å². The molecule has 1 aliphatic heterocycles. The lowest BCUT2D eigenvalue weighted by Crippen LogP contribution is -2.31. The van der Waals surface area contributed by atoms with Crippen molar-refractivity contribution in [2.75, 3.05) is 18.4 Å². The number of hydrogen-bond acceptors (Lipinski definition) is 6. The quantitative estimate of drug-likeness (QED) is 0.588. The summed E-state index contributed by atoms with van der Waals surface area (Å²) in [5.74, 6) is -1.84. The van der Waals surface area contributed by atoms with Crippen LogP contribution in [0.5, 0.6) is 0 Å². The highest BCUT2D eigenvalue weighted by Crippen LogP contribution is 2.22. The molecule has 0 atom stereocenters. The summed E-state index contributed by atoms with van der Waals surface area (Å²) >= 11 is 0. The molecule has 0 spiro atoms. The lowest BCUT2D eigenvalue weighted by atomic mass is 10.2. The normalized spacial score (nSPS) is 15.2. The number of anilines is 1. The highest BCUT2D eigenvalue weighted by molar-refractivity contribution is 7.89. The summed E-state index contributed by atoms with van der Waals surface area (Å²) in [6, 6.07) is 11.1. The maximum atomic E-state index is 13.1. The van der Waals surface area contributed by atoms with Gasteiger partial charge in [0.15, 0.2) is 0 Å². The predicted molar refractivity (Wildman–Crippen MR) is 118 cm³/mol. The summed E-state index contributed by atoms with van der Waals surface area (Å²) in [5, 5.41) is 6.57. The lowest BCUT2D eigenvalue weighted by molar-refractivity contribution is -0.117. The largest absolute Gasteiger partial charge is 0.437 e. The highest BCUT2D eigenvalue weighted by atomic mass is 32.2. The van der Waals surface area contributed by atoms with E-state index < -0.39 is 34.0 Å². The Morgan fingerprint density at radius 3 is 2.27 bits per heavy atom. The summed E-state index contributed by atoms with van der Waals surface area (Å²) < 4.78 is 46.2. The summed E-state index contributed by atoms with van der Waals surface area (Å²) in [7, 11) is -3.58. The Labute approximate surface area is 189 Å². The van der Waals surface area contributed by atoms with Gasteiger partial charge in [-0.1, -0.05) is 12.8 Å². The highest BCUT2D eigenvalue weighted by Gasteiger charge is 2.25. The van der Waals surface area contributed by atoms with Gasteiger partial charge in [-0.2, -0.15) is 8.99 Å². The van der Waals surface area contributed by atoms with Crippen LogP contribution in [0.4, 0.5) is 10.1 Å². The van der Waals surface area contributed by atoms with Gasteiger partial charge in [-0.25, -0.2) is 17.6 Å². The second kappa shape index (κ2) is 9.67. The second-order valence-corrected chi connectivity index (χ2v) is 9.67. The third kappa shape index (κ3) is 5.37. The first-order chi connectivity index (χ1) is 15.8. The number of nitrogens with zero attached hydrogens (tertiary/aromatic N) is 3. The molecule has 4 rings (SSSR count). The van der Waals surface area contributed by atoms with E-state index >= 15 is 0 Å². The number of amides is 1. The number of nitrogens with one attached hydrogen (secondary N) is 1. The first-order valence-corrected chi connectivity index (χ1v) is 12.0. The van der Waals surface area contributed by atoms with Gasteiger partial charge in [0.1, 0.15) is 12.4 Å². The van der Waals surface area contributed by atoms with Crippen LogP contribution < -0.4 is 11.1 Å². The molecule has 174 valence electrons. The molecule has 0 aliphatic carbocycles. The lowest BCUT2D eigenvalue weighted by Gasteiger charge is -2.20. The molecule has 0 radical (unpaired) electrons. The molecule has 0 saturated carbocycles. The van der Waals surface area contributed by atoms with Crippen molar-refractivity contribution in [2.24, 2.45) is 0 Å². The van der Waals surface area contributed by atoms with E-state index in [1.54, 1.807) is 0 Å². The van der Waals surface area contributed by atoms with Gasteiger partial charge in [0.25, 0.3) is 0 Å². The number of carbonyl (C=O) groups excluding carboxylic acids is 1. The third-order valence-corrected chi connectivity index (χ3v) is 7.24. The van der Waals surface area contributed by atoms with Crippen molar-refractivity contribution in [3.05, 3.63) is 64.9 Å². The molecule has 0 bridgehead atoms. The van der Waals surface area contributed by atoms with Crippen molar-refractivity contribution in [1.29, 1.82) is 0 Å². The van der Waals surface area contributed by atoms with Crippen LogP contribution in [-0.2, 0) is 21.4 Å². The van der Waals surface area contributed by atoms with Crippen molar-refractivity contribution in [3.63, 3.8) is 0 Å². The van der Waals surface area contributed by atoms with E-state index in [1.165, 1.54) is 52.8 Å². The molecule has 0 unspecified atom stereocenters. The zero-order valence-corrected chi connectivity index (χ0v) is 18.6. The first kappa shape index (κ1) is 22.9. The van der Waals surface area contributed by atoms with E-state index in [2.05, 4.69) is 10.4 Å². The first-order valence-electron chi connectivity index (χ1n) is 10.6. The Hall–Kier alpha value is -3.31. The molecule has 11 heteroatoms. The number of hydrogen-bond donors (Lipinski definition) is 1. The minimum atomic E-state index is -3.58. The van der Waals surface area contributed by atoms with Crippen molar-refractivity contribution in [2.45, 2.75) is 37.1 Å². The number of halogens is 1. The maximum absolute atomic E-state index is 13.1. The van der Waals surface area contributed by atoms with Crippen LogP contribution in [0.3, 0.4) is 0 Å². The Morgan fingerprint density at radius 1 is 1.00 bits per heavy atom. The van der Waals surface area contributed by atoms with Gasteiger partial charge in [0, 0.05) is 24.3 Å². The van der Waals surface area contributed by atoms with Crippen molar-refractivity contribution < 1.29 is 22.0 Å². The number of benzene rings is 2. The van der Waals surface area contributed by atoms with Gasteiger partial charge < -0.3 is 9.73 Å². The summed E-state index contributed by atoms with van der Waals surface area (Å²) in [6.07, 6.45) is 3.74. The predicted octanol–water partition coefficient (Wildman–Crippen LogP) is 2.85. The Balaban J connectivity index is 1.41. The molecular formula is C22H23FN4O5S. The van der Waals surface area contributed by atoms with E-state index in [0.717, 1.165) is 30.4 Å². The standard InChI is InChI=1S/C22H23FN4O5S/c23-17-7-5-16(6-8-17)21-25-27(22(29)32-21)15-20(28)24-18-9-11-19(12-10-18)33(30,31)26-13-3-1-2-4-14-26/h5-12H,1-4,13-15H2,(H,24,28). The average molecular weight is 475 g/mol. The zero-order chi connectivity index (χ0) is 23.4. The SMILES string of the molecule is O=C(Cn1nc(-c2ccc(F)cc2)oc1=O)Nc1ccc(S(=O)(=O)N2CCCCCC2)cc1. The fraction of sp³-hybridized carbons (Fsp3) is 0.318. The molecule has 1 N–H and O–H groups in total. The number of carbonyl (C=O) groups is 1. The summed E-state index contributed by atoms with van der Waals surface area (Å²) in [6.45, 7) is 0.609. The van der Waals surface area contributed by atoms with Gasteiger partial charge >= 0.3 is 5.76 Å². The Kier molecular flexibility index (Phi) is 6.70. The topological polar surface area (TPSA) is 115 Å². The zero-order valence-electron chi connectivity index (χ0n) is 17.7. The molecule has 1 saturated heterocycles. The molecule has 9 nitrogen and oxygen atoms in total. The van der Waals surface area contributed by atoms with Gasteiger partial charge in [-0.15, -0.1) is 5.10 Å². The number of rotatable bonds is 6. The fourth-order valence-electron chi connectivity index (χ4n) is 3.59. The van der Waals surface area contributed by atoms with Crippen LogP contribution in [0.1, 0.15) is 25.7 Å². The van der Waals surface area contributed by atoms with Crippen LogP contribution in [0.25, 0.3) is 11.5 Å². The second-order valence-electron chi connectivity index (χ2n) is 7.73. The van der Waals surface area contributed by atoms with E-state index in [4.69, 9.17) is 4.42 Å². The molecule has 2 aromatic carbocycles. The van der Waals surface area contributed by atoms with E-state index in [0.29, 0.717) is 24.3 Å². The number of aromatic nitrogens is 2. The molecule has 3 aromatic rings. The molecule has 1 aliphatic rings. The number of sulfonamides is 1. The van der Waals surface area contributed by atoms with Gasteiger partial charge in [-0.05, 0) is 61.4 Å². The van der Waals surface area contributed by atoms with Gasteiger partial charge in [-0.3, -0.25) is 4.79 Å². The van der Waals surface area contributed by atoms with Crippen LogP contribution >= 0.6 is 0 Å². The van der Waals surface area contributed by atoms with E-state index in [9.17, 15) is 22.4 Å². The average Bonchev–Trinajstić information content (AvgIpc) is 2.99. The van der Waals surface area contributed by atoms with Crippen molar-refractivity contribution in [1.82, 2.24) is 14.1 Å². The fourth-order valence-corrected chi connectivity index (χ4v) is 5.11. The van der Waals surface area contributed by atoms with Crippen LogP contribution in [-0.4, -0.2) is 41.5 Å². The van der Waals surface area contributed by atoms with Crippen LogP contribution in [0.15, 0.2) is 62.6 Å². The van der Waals surface area contributed by atoms with Crippen molar-refractivity contribution in [3.8, 4) is 11.5 Å².